The monoisotopic (exact) mass is 207 g/mol. The number of rotatable bonds is 1. The van der Waals surface area contributed by atoms with Gasteiger partial charge in [0.2, 0.25) is 0 Å². The predicted octanol–water partition coefficient (Wildman–Crippen LogP) is 3.63. The number of carbonyl (C=O) groups excluding carboxylic acids is 1. The average Bonchev–Trinajstić information content (AvgIpc) is 2.16. The number of hydrogen-bond acceptors (Lipinski definition) is 1. The van der Waals surface area contributed by atoms with E-state index in [1.807, 2.05) is 0 Å². The molecule has 2 aliphatic carbocycles. The summed E-state index contributed by atoms with van der Waals surface area (Å²) in [7, 11) is 0. The molecule has 0 aliphatic heterocycles. The van der Waals surface area contributed by atoms with Crippen LogP contribution in [-0.4, -0.2) is 5.78 Å². The van der Waals surface area contributed by atoms with Crippen LogP contribution in [0.5, 0.6) is 0 Å². The first-order chi connectivity index (χ1) is 7.08. The van der Waals surface area contributed by atoms with Gasteiger partial charge in [-0.25, -0.2) is 0 Å². The van der Waals surface area contributed by atoms with Crippen molar-refractivity contribution in [2.75, 3.05) is 0 Å². The zero-order valence-corrected chi connectivity index (χ0v) is 10.3. The third-order valence-corrected chi connectivity index (χ3v) is 4.64. The molecule has 0 aromatic heterocycles. The molecule has 0 aromatic carbocycles. The molecule has 2 saturated carbocycles. The molecule has 1 nitrogen and oxygen atoms in total. The highest BCUT2D eigenvalue weighted by Crippen LogP contribution is 2.48. The Bertz CT molecular complexity index is 246. The fourth-order valence-electron chi connectivity index (χ4n) is 3.82. The van der Waals surface area contributed by atoms with E-state index in [4.69, 9.17) is 0 Å². The molecule has 84 valence electrons. The minimum absolute atomic E-state index is 0.382. The van der Waals surface area contributed by atoms with E-state index in [9.17, 15) is 4.79 Å². The first-order valence-electron chi connectivity index (χ1n) is 6.39. The van der Waals surface area contributed by atoms with E-state index >= 15 is 0 Å². The Morgan fingerprint density at radius 1 is 1.27 bits per heavy atom. The third kappa shape index (κ3) is 2.21. The maximum atomic E-state index is 11.4. The van der Waals surface area contributed by atoms with E-state index < -0.39 is 0 Å². The molecule has 0 radical (unpaired) electrons. The number of Topliss-reactive ketones (excluding diaryl/α,β-unsaturated/α-hetero) is 1. The summed E-state index contributed by atoms with van der Waals surface area (Å²) in [6.45, 7) is 6.46. The second-order valence-electron chi connectivity index (χ2n) is 5.89. The Hall–Kier alpha value is -0.460. The minimum atomic E-state index is 0.382. The van der Waals surface area contributed by atoms with Crippen LogP contribution in [0.15, 0.2) is 0 Å². The second kappa shape index (κ2) is 4.19. The van der Waals surface area contributed by atoms with Gasteiger partial charge in [0.25, 0.3) is 0 Å². The SMILES string of the molecule is CC(=O)C1CCC2C[C+](C)CC(C)C2C1. The summed E-state index contributed by atoms with van der Waals surface area (Å²) in [5.41, 5.74) is 0. The molecular formula is C14H23O+. The van der Waals surface area contributed by atoms with Crippen LogP contribution in [0.25, 0.3) is 0 Å². The quantitative estimate of drug-likeness (QED) is 0.600. The van der Waals surface area contributed by atoms with E-state index in [0.29, 0.717) is 11.7 Å². The molecule has 0 amide bonds. The maximum Gasteiger partial charge on any atom is 0.132 e. The van der Waals surface area contributed by atoms with Crippen molar-refractivity contribution in [1.29, 1.82) is 0 Å². The molecule has 0 bridgehead atoms. The molecule has 2 aliphatic rings. The highest BCUT2D eigenvalue weighted by Gasteiger charge is 2.43. The van der Waals surface area contributed by atoms with Crippen LogP contribution >= 0.6 is 0 Å². The number of ketones is 1. The summed E-state index contributed by atoms with van der Waals surface area (Å²) in [6.07, 6.45) is 6.24. The fraction of sp³-hybridized carbons (Fsp3) is 0.857. The van der Waals surface area contributed by atoms with Crippen molar-refractivity contribution < 1.29 is 4.79 Å². The van der Waals surface area contributed by atoms with Crippen molar-refractivity contribution >= 4 is 5.78 Å². The standard InChI is InChI=1S/C14H23O/c1-9-6-10(2)14-8-12(11(3)15)4-5-13(14)7-9/h10,12-14H,4-8H2,1-3H3/q+1. The topological polar surface area (TPSA) is 17.1 Å². The lowest BCUT2D eigenvalue weighted by molar-refractivity contribution is -0.123. The van der Waals surface area contributed by atoms with Crippen molar-refractivity contribution in [3.05, 3.63) is 5.92 Å². The van der Waals surface area contributed by atoms with Gasteiger partial charge in [-0.2, -0.15) is 0 Å². The van der Waals surface area contributed by atoms with Gasteiger partial charge in [-0.15, -0.1) is 0 Å². The summed E-state index contributed by atoms with van der Waals surface area (Å²) in [5, 5.41) is 0. The first-order valence-corrected chi connectivity index (χ1v) is 6.39. The predicted molar refractivity (Wildman–Crippen MR) is 62.3 cm³/mol. The average molecular weight is 207 g/mol. The molecule has 15 heavy (non-hydrogen) atoms. The van der Waals surface area contributed by atoms with E-state index in [1.165, 1.54) is 25.7 Å². The Morgan fingerprint density at radius 2 is 2.00 bits per heavy atom. The Kier molecular flexibility index (Phi) is 3.08. The molecule has 0 spiro atoms. The van der Waals surface area contributed by atoms with Gasteiger partial charge in [0.1, 0.15) is 5.78 Å². The van der Waals surface area contributed by atoms with Gasteiger partial charge in [0.15, 0.2) is 0 Å². The van der Waals surface area contributed by atoms with Gasteiger partial charge in [0, 0.05) is 11.8 Å². The van der Waals surface area contributed by atoms with Gasteiger partial charge >= 0.3 is 0 Å². The number of fused-ring (bicyclic) bond motifs is 1. The lowest BCUT2D eigenvalue weighted by Crippen LogP contribution is -2.36. The smallest absolute Gasteiger partial charge is 0.132 e. The minimum Gasteiger partial charge on any atom is -0.300 e. The van der Waals surface area contributed by atoms with E-state index in [2.05, 4.69) is 13.8 Å². The molecule has 2 fully saturated rings. The van der Waals surface area contributed by atoms with Crippen LogP contribution in [0.4, 0.5) is 0 Å². The third-order valence-electron chi connectivity index (χ3n) is 4.64. The van der Waals surface area contributed by atoms with Crippen molar-refractivity contribution in [2.45, 2.75) is 52.9 Å². The second-order valence-corrected chi connectivity index (χ2v) is 5.89. The van der Waals surface area contributed by atoms with Crippen molar-refractivity contribution in [3.63, 3.8) is 0 Å². The molecule has 0 N–H and O–H groups in total. The zero-order chi connectivity index (χ0) is 11.0. The van der Waals surface area contributed by atoms with Crippen LogP contribution in [0, 0.1) is 29.6 Å². The molecule has 0 aromatic rings. The van der Waals surface area contributed by atoms with Crippen LogP contribution in [0.3, 0.4) is 0 Å². The molecule has 4 unspecified atom stereocenters. The highest BCUT2D eigenvalue weighted by molar-refractivity contribution is 5.78. The number of carbonyl (C=O) groups is 1. The first kappa shape index (κ1) is 11.0. The van der Waals surface area contributed by atoms with Crippen LogP contribution in [0.2, 0.25) is 0 Å². The zero-order valence-electron chi connectivity index (χ0n) is 10.3. The molecule has 1 heteroatoms. The van der Waals surface area contributed by atoms with Crippen LogP contribution in [-0.2, 0) is 4.79 Å². The lowest BCUT2D eigenvalue weighted by atomic mass is 9.61. The largest absolute Gasteiger partial charge is 0.300 e. The van der Waals surface area contributed by atoms with Gasteiger partial charge in [-0.3, -0.25) is 4.79 Å². The van der Waals surface area contributed by atoms with Crippen LogP contribution < -0.4 is 0 Å². The van der Waals surface area contributed by atoms with Gasteiger partial charge < -0.3 is 0 Å². The molecular weight excluding hydrogens is 184 g/mol. The molecule has 2 rings (SSSR count). The van der Waals surface area contributed by atoms with Crippen molar-refractivity contribution in [2.24, 2.45) is 23.7 Å². The maximum absolute atomic E-state index is 11.4. The molecule has 0 saturated heterocycles. The van der Waals surface area contributed by atoms with E-state index in [0.717, 1.165) is 24.2 Å². The summed E-state index contributed by atoms with van der Waals surface area (Å²) in [4.78, 5) is 11.4. The molecule has 4 atom stereocenters. The summed E-state index contributed by atoms with van der Waals surface area (Å²) in [6, 6.07) is 0. The highest BCUT2D eigenvalue weighted by atomic mass is 16.1. The van der Waals surface area contributed by atoms with E-state index in [-0.39, 0.29) is 0 Å². The fourth-order valence-corrected chi connectivity index (χ4v) is 3.82. The Balaban J connectivity index is 2.03. The number of hydrogen-bond donors (Lipinski definition) is 0. The van der Waals surface area contributed by atoms with Gasteiger partial charge in [0.05, 0.1) is 25.7 Å². The Labute approximate surface area is 93.6 Å². The van der Waals surface area contributed by atoms with E-state index in [1.54, 1.807) is 12.8 Å². The molecule has 0 heterocycles. The van der Waals surface area contributed by atoms with Gasteiger partial charge in [-0.05, 0) is 38.0 Å². The Morgan fingerprint density at radius 3 is 2.67 bits per heavy atom. The van der Waals surface area contributed by atoms with Crippen LogP contribution in [0.1, 0.15) is 52.9 Å². The van der Waals surface area contributed by atoms with Crippen molar-refractivity contribution in [3.8, 4) is 0 Å². The van der Waals surface area contributed by atoms with Gasteiger partial charge in [-0.1, -0.05) is 6.92 Å². The summed E-state index contributed by atoms with van der Waals surface area (Å²) >= 11 is 0. The summed E-state index contributed by atoms with van der Waals surface area (Å²) in [5.74, 6) is 5.02. The lowest BCUT2D eigenvalue weighted by Gasteiger charge is -2.40. The normalized spacial score (nSPS) is 41.1. The summed E-state index contributed by atoms with van der Waals surface area (Å²) < 4.78 is 0. The van der Waals surface area contributed by atoms with Crippen molar-refractivity contribution in [1.82, 2.24) is 0 Å².